The molecule has 176 valence electrons. The highest BCUT2D eigenvalue weighted by Gasteiger charge is 2.49. The maximum Gasteiger partial charge on any atom is 0.253 e. The lowest BCUT2D eigenvalue weighted by molar-refractivity contribution is -0.136. The second-order valence-electron chi connectivity index (χ2n) is 9.38. The summed E-state index contributed by atoms with van der Waals surface area (Å²) in [6.07, 6.45) is 2.60. The monoisotopic (exact) mass is 449 g/mol. The number of carbonyl (C=O) groups excluding carboxylic acids is 2. The normalized spacial score (nSPS) is 23.2. The number of aliphatic hydroxyl groups excluding tert-OH is 1. The number of benzene rings is 2. The largest absolute Gasteiger partial charge is 0.395 e. The third-order valence-corrected chi connectivity index (χ3v) is 7.17. The lowest BCUT2D eigenvalue weighted by atomic mass is 9.74. The molecule has 0 spiro atoms. The molecule has 2 heterocycles. The van der Waals surface area contributed by atoms with Crippen molar-refractivity contribution in [3.05, 3.63) is 59.7 Å². The van der Waals surface area contributed by atoms with Gasteiger partial charge in [0.2, 0.25) is 5.91 Å². The van der Waals surface area contributed by atoms with Crippen molar-refractivity contribution in [2.24, 2.45) is 0 Å². The second kappa shape index (κ2) is 10.1. The van der Waals surface area contributed by atoms with Gasteiger partial charge in [-0.3, -0.25) is 14.5 Å². The van der Waals surface area contributed by atoms with Gasteiger partial charge in [-0.2, -0.15) is 0 Å². The van der Waals surface area contributed by atoms with Crippen molar-refractivity contribution < 1.29 is 14.7 Å². The van der Waals surface area contributed by atoms with E-state index in [1.165, 1.54) is 5.56 Å². The van der Waals surface area contributed by atoms with Crippen LogP contribution in [0.3, 0.4) is 0 Å². The van der Waals surface area contributed by atoms with Gasteiger partial charge in [-0.25, -0.2) is 0 Å². The third kappa shape index (κ3) is 4.68. The highest BCUT2D eigenvalue weighted by molar-refractivity contribution is 5.95. The number of rotatable bonds is 5. The molecule has 2 aromatic rings. The van der Waals surface area contributed by atoms with Gasteiger partial charge in [0, 0.05) is 57.2 Å². The molecule has 0 aliphatic carbocycles. The average molecular weight is 450 g/mol. The average Bonchev–Trinajstić information content (AvgIpc) is 2.82. The molecule has 0 saturated carbocycles. The van der Waals surface area contributed by atoms with Crippen LogP contribution < -0.4 is 0 Å². The summed E-state index contributed by atoms with van der Waals surface area (Å²) >= 11 is 0. The Morgan fingerprint density at radius 1 is 1.03 bits per heavy atom. The molecular weight excluding hydrogens is 414 g/mol. The van der Waals surface area contributed by atoms with Crippen LogP contribution in [0.4, 0.5) is 0 Å². The van der Waals surface area contributed by atoms with Crippen LogP contribution in [0, 0.1) is 0 Å². The lowest BCUT2D eigenvalue weighted by Gasteiger charge is -2.57. The van der Waals surface area contributed by atoms with Gasteiger partial charge in [-0.1, -0.05) is 43.3 Å². The topological polar surface area (TPSA) is 64.1 Å². The van der Waals surface area contributed by atoms with Gasteiger partial charge in [0.15, 0.2) is 0 Å². The molecule has 2 aromatic carbocycles. The predicted molar refractivity (Wildman–Crippen MR) is 130 cm³/mol. The Labute approximate surface area is 196 Å². The SMILES string of the molecule is CCC(=O)N1CCCCN2[C@H](CO)[C@@H](c3ccc(-c4cccc(C(=O)N(C)C)c4)cc3)[C@H]2C1. The summed E-state index contributed by atoms with van der Waals surface area (Å²) in [4.78, 5) is 30.8. The quantitative estimate of drug-likeness (QED) is 0.761. The van der Waals surface area contributed by atoms with Crippen LogP contribution in [0.2, 0.25) is 0 Å². The summed E-state index contributed by atoms with van der Waals surface area (Å²) in [7, 11) is 3.52. The molecule has 0 bridgehead atoms. The number of amides is 2. The standard InChI is InChI=1S/C27H35N3O3/c1-4-25(32)29-14-5-6-15-30-23(17-29)26(24(30)18-31)20-12-10-19(11-13-20)21-8-7-9-22(16-21)27(33)28(2)3/h7-13,16,23-24,26,31H,4-6,14-15,17-18H2,1-3H3/t23-,24-,26+/m1/s1. The van der Waals surface area contributed by atoms with Gasteiger partial charge >= 0.3 is 0 Å². The number of aliphatic hydroxyl groups is 1. The zero-order valence-electron chi connectivity index (χ0n) is 19.9. The molecule has 0 radical (unpaired) electrons. The number of hydrogen-bond donors (Lipinski definition) is 1. The van der Waals surface area contributed by atoms with Crippen molar-refractivity contribution in [2.75, 3.05) is 40.3 Å². The molecule has 2 aliphatic heterocycles. The van der Waals surface area contributed by atoms with Crippen molar-refractivity contribution >= 4 is 11.8 Å². The maximum atomic E-state index is 12.5. The first-order valence-corrected chi connectivity index (χ1v) is 12.0. The predicted octanol–water partition coefficient (Wildman–Crippen LogP) is 3.22. The van der Waals surface area contributed by atoms with Crippen molar-refractivity contribution in [1.82, 2.24) is 14.7 Å². The van der Waals surface area contributed by atoms with Crippen LogP contribution in [0.15, 0.2) is 48.5 Å². The summed E-state index contributed by atoms with van der Waals surface area (Å²) < 4.78 is 0. The maximum absolute atomic E-state index is 12.5. The van der Waals surface area contributed by atoms with E-state index in [2.05, 4.69) is 29.2 Å². The van der Waals surface area contributed by atoms with Gasteiger partial charge in [0.1, 0.15) is 0 Å². The molecule has 6 heteroatoms. The highest BCUT2D eigenvalue weighted by atomic mass is 16.3. The molecule has 33 heavy (non-hydrogen) atoms. The van der Waals surface area contributed by atoms with E-state index in [1.54, 1.807) is 19.0 Å². The molecule has 2 saturated heterocycles. The molecule has 6 nitrogen and oxygen atoms in total. The molecule has 4 rings (SSSR count). The number of hydrogen-bond acceptors (Lipinski definition) is 4. The van der Waals surface area contributed by atoms with E-state index in [4.69, 9.17) is 0 Å². The van der Waals surface area contributed by atoms with E-state index in [0.29, 0.717) is 12.0 Å². The van der Waals surface area contributed by atoms with Gasteiger partial charge in [-0.05, 0) is 48.2 Å². The Bertz CT molecular complexity index is 988. The van der Waals surface area contributed by atoms with E-state index >= 15 is 0 Å². The molecule has 3 atom stereocenters. The molecular formula is C27H35N3O3. The molecule has 2 amide bonds. The van der Waals surface area contributed by atoms with Crippen LogP contribution >= 0.6 is 0 Å². The van der Waals surface area contributed by atoms with Crippen LogP contribution in [-0.2, 0) is 4.79 Å². The third-order valence-electron chi connectivity index (χ3n) is 7.17. The van der Waals surface area contributed by atoms with E-state index in [9.17, 15) is 14.7 Å². The van der Waals surface area contributed by atoms with E-state index in [1.807, 2.05) is 36.1 Å². The first-order chi connectivity index (χ1) is 15.9. The Morgan fingerprint density at radius 3 is 2.42 bits per heavy atom. The lowest BCUT2D eigenvalue weighted by Crippen LogP contribution is -2.67. The van der Waals surface area contributed by atoms with Crippen molar-refractivity contribution in [2.45, 2.75) is 44.2 Å². The van der Waals surface area contributed by atoms with Crippen molar-refractivity contribution in [1.29, 1.82) is 0 Å². The smallest absolute Gasteiger partial charge is 0.253 e. The van der Waals surface area contributed by atoms with Gasteiger partial charge in [-0.15, -0.1) is 0 Å². The second-order valence-corrected chi connectivity index (χ2v) is 9.38. The fraction of sp³-hybridized carbons (Fsp3) is 0.481. The molecule has 1 N–H and O–H groups in total. The number of carbonyl (C=O) groups is 2. The summed E-state index contributed by atoms with van der Waals surface area (Å²) in [5.74, 6) is 0.408. The minimum atomic E-state index is -0.00993. The summed E-state index contributed by atoms with van der Waals surface area (Å²) in [5.41, 5.74) is 3.94. The summed E-state index contributed by atoms with van der Waals surface area (Å²) in [5, 5.41) is 10.1. The van der Waals surface area contributed by atoms with Crippen molar-refractivity contribution in [3.8, 4) is 11.1 Å². The zero-order valence-corrected chi connectivity index (χ0v) is 19.9. The van der Waals surface area contributed by atoms with E-state index in [-0.39, 0.29) is 36.4 Å². The van der Waals surface area contributed by atoms with Gasteiger partial charge < -0.3 is 14.9 Å². The molecule has 2 aliphatic rings. The number of nitrogens with zero attached hydrogens (tertiary/aromatic N) is 3. The van der Waals surface area contributed by atoms with Gasteiger partial charge in [0.05, 0.1) is 6.61 Å². The molecule has 2 fully saturated rings. The van der Waals surface area contributed by atoms with E-state index < -0.39 is 0 Å². The Balaban J connectivity index is 1.57. The first-order valence-electron chi connectivity index (χ1n) is 12.0. The Kier molecular flexibility index (Phi) is 7.15. The van der Waals surface area contributed by atoms with Crippen LogP contribution in [0.1, 0.15) is 48.0 Å². The minimum Gasteiger partial charge on any atom is -0.395 e. The van der Waals surface area contributed by atoms with Crippen LogP contribution in [-0.4, -0.2) is 84.0 Å². The highest BCUT2D eigenvalue weighted by Crippen LogP contribution is 2.42. The fourth-order valence-electron chi connectivity index (χ4n) is 5.38. The summed E-state index contributed by atoms with van der Waals surface area (Å²) in [6, 6.07) is 16.5. The molecule has 0 aromatic heterocycles. The Hall–Kier alpha value is -2.70. The van der Waals surface area contributed by atoms with Gasteiger partial charge in [0.25, 0.3) is 5.91 Å². The zero-order chi connectivity index (χ0) is 23.5. The number of fused-ring (bicyclic) bond motifs is 1. The van der Waals surface area contributed by atoms with Crippen molar-refractivity contribution in [3.63, 3.8) is 0 Å². The summed E-state index contributed by atoms with van der Waals surface area (Å²) in [6.45, 7) is 4.58. The van der Waals surface area contributed by atoms with Crippen LogP contribution in [0.25, 0.3) is 11.1 Å². The minimum absolute atomic E-state index is 0.00993. The Morgan fingerprint density at radius 2 is 1.76 bits per heavy atom. The van der Waals surface area contributed by atoms with Crippen LogP contribution in [0.5, 0.6) is 0 Å². The first kappa shape index (κ1) is 23.5. The fourth-order valence-corrected chi connectivity index (χ4v) is 5.38. The molecule has 0 unspecified atom stereocenters. The van der Waals surface area contributed by atoms with E-state index in [0.717, 1.165) is 43.6 Å².